The summed E-state index contributed by atoms with van der Waals surface area (Å²) in [6, 6.07) is 14.2. The number of hydrogen-bond donors (Lipinski definition) is 1. The Morgan fingerprint density at radius 3 is 2.67 bits per heavy atom. The topological polar surface area (TPSA) is 38.3 Å². The van der Waals surface area contributed by atoms with E-state index in [4.69, 9.17) is 4.74 Å². The van der Waals surface area contributed by atoms with Crippen molar-refractivity contribution >= 4 is 12.0 Å². The van der Waals surface area contributed by atoms with Crippen LogP contribution in [0.25, 0.3) is 6.08 Å². The maximum absolute atomic E-state index is 14.0. The smallest absolute Gasteiger partial charge is 0.250 e. The van der Waals surface area contributed by atoms with Crippen LogP contribution in [0.15, 0.2) is 54.1 Å². The van der Waals surface area contributed by atoms with Gasteiger partial charge in [-0.2, -0.15) is 0 Å². The first-order chi connectivity index (χ1) is 11.5. The van der Waals surface area contributed by atoms with Gasteiger partial charge in [0, 0.05) is 17.5 Å². The molecule has 0 unspecified atom stereocenters. The summed E-state index contributed by atoms with van der Waals surface area (Å²) in [7, 11) is 0. The molecule has 3 nitrogen and oxygen atoms in total. The molecule has 0 atom stereocenters. The number of amides is 1. The van der Waals surface area contributed by atoms with Crippen LogP contribution in [0, 0.1) is 5.82 Å². The monoisotopic (exact) mass is 325 g/mol. The first-order valence-electron chi connectivity index (χ1n) is 7.93. The summed E-state index contributed by atoms with van der Waals surface area (Å²) in [6.45, 7) is 4.40. The minimum absolute atomic E-state index is 0.186. The fourth-order valence-electron chi connectivity index (χ4n) is 2.77. The van der Waals surface area contributed by atoms with Gasteiger partial charge in [0.1, 0.15) is 18.2 Å². The zero-order valence-corrected chi connectivity index (χ0v) is 13.8. The van der Waals surface area contributed by atoms with Crippen LogP contribution in [-0.2, 0) is 10.2 Å². The van der Waals surface area contributed by atoms with Gasteiger partial charge in [0.25, 0.3) is 5.91 Å². The summed E-state index contributed by atoms with van der Waals surface area (Å²) in [5, 5.41) is 2.90. The van der Waals surface area contributed by atoms with E-state index in [0.29, 0.717) is 17.7 Å². The van der Waals surface area contributed by atoms with Crippen molar-refractivity contribution < 1.29 is 13.9 Å². The van der Waals surface area contributed by atoms with Gasteiger partial charge in [-0.1, -0.05) is 50.2 Å². The largest absolute Gasteiger partial charge is 0.488 e. The molecule has 1 heterocycles. The summed E-state index contributed by atoms with van der Waals surface area (Å²) in [4.78, 5) is 12.4. The fourth-order valence-corrected chi connectivity index (χ4v) is 2.77. The third-order valence-corrected chi connectivity index (χ3v) is 4.22. The number of ether oxygens (including phenoxy) is 1. The Morgan fingerprint density at radius 1 is 1.17 bits per heavy atom. The van der Waals surface area contributed by atoms with Gasteiger partial charge in [-0.3, -0.25) is 4.79 Å². The third kappa shape index (κ3) is 3.32. The van der Waals surface area contributed by atoms with Crippen molar-refractivity contribution in [3.8, 4) is 5.75 Å². The van der Waals surface area contributed by atoms with Crippen molar-refractivity contribution in [3.63, 3.8) is 0 Å². The molecule has 3 rings (SSSR count). The number of hydrogen-bond acceptors (Lipinski definition) is 2. The van der Waals surface area contributed by atoms with E-state index in [9.17, 15) is 9.18 Å². The quantitative estimate of drug-likeness (QED) is 0.931. The molecule has 0 saturated heterocycles. The van der Waals surface area contributed by atoms with Crippen molar-refractivity contribution in [2.45, 2.75) is 19.3 Å². The molecule has 1 amide bonds. The number of carbonyl (C=O) groups is 1. The summed E-state index contributed by atoms with van der Waals surface area (Å²) < 4.78 is 19.6. The zero-order valence-electron chi connectivity index (χ0n) is 13.8. The third-order valence-electron chi connectivity index (χ3n) is 4.22. The van der Waals surface area contributed by atoms with Gasteiger partial charge in [0.2, 0.25) is 0 Å². The number of fused-ring (bicyclic) bond motifs is 1. The molecule has 0 aliphatic carbocycles. The highest BCUT2D eigenvalue weighted by molar-refractivity contribution is 5.99. The minimum atomic E-state index is -0.505. The van der Waals surface area contributed by atoms with E-state index >= 15 is 0 Å². The van der Waals surface area contributed by atoms with Gasteiger partial charge in [0.05, 0.1) is 5.57 Å². The lowest BCUT2D eigenvalue weighted by molar-refractivity contribution is -0.118. The highest BCUT2D eigenvalue weighted by Crippen LogP contribution is 2.27. The van der Waals surface area contributed by atoms with E-state index in [2.05, 4.69) is 5.32 Å². The molecule has 2 aromatic carbocycles. The molecule has 24 heavy (non-hydrogen) atoms. The number of halogens is 1. The molecule has 1 aliphatic rings. The maximum Gasteiger partial charge on any atom is 0.250 e. The lowest BCUT2D eigenvalue weighted by Crippen LogP contribution is -2.38. The molecular weight excluding hydrogens is 305 g/mol. The van der Waals surface area contributed by atoms with Gasteiger partial charge in [-0.15, -0.1) is 0 Å². The minimum Gasteiger partial charge on any atom is -0.488 e. The van der Waals surface area contributed by atoms with Crippen molar-refractivity contribution in [2.75, 3.05) is 13.2 Å². The second-order valence-corrected chi connectivity index (χ2v) is 6.54. The lowest BCUT2D eigenvalue weighted by Gasteiger charge is -2.26. The van der Waals surface area contributed by atoms with Crippen LogP contribution in [0.2, 0.25) is 0 Å². The molecule has 0 radical (unpaired) electrons. The van der Waals surface area contributed by atoms with E-state index in [1.165, 1.54) is 6.07 Å². The summed E-state index contributed by atoms with van der Waals surface area (Å²) in [5.74, 6) is 0.334. The SMILES string of the molecule is CC(C)(CNC(=O)C1=Cc2ccccc2OC1)c1ccccc1F. The predicted octanol–water partition coefficient (Wildman–Crippen LogP) is 3.70. The normalized spacial score (nSPS) is 13.5. The first kappa shape index (κ1) is 16.2. The van der Waals surface area contributed by atoms with E-state index in [-0.39, 0.29) is 18.3 Å². The zero-order chi connectivity index (χ0) is 17.2. The average Bonchev–Trinajstić information content (AvgIpc) is 2.59. The van der Waals surface area contributed by atoms with E-state index in [0.717, 1.165) is 11.3 Å². The Morgan fingerprint density at radius 2 is 1.88 bits per heavy atom. The maximum atomic E-state index is 14.0. The number of nitrogens with one attached hydrogen (secondary N) is 1. The van der Waals surface area contributed by atoms with Crippen LogP contribution in [0.1, 0.15) is 25.0 Å². The molecule has 0 bridgehead atoms. The van der Waals surface area contributed by atoms with Crippen molar-refractivity contribution in [3.05, 3.63) is 71.0 Å². The highest BCUT2D eigenvalue weighted by Gasteiger charge is 2.25. The van der Waals surface area contributed by atoms with Gasteiger partial charge < -0.3 is 10.1 Å². The van der Waals surface area contributed by atoms with Crippen LogP contribution in [0.3, 0.4) is 0 Å². The van der Waals surface area contributed by atoms with Gasteiger partial charge >= 0.3 is 0 Å². The van der Waals surface area contributed by atoms with Gasteiger partial charge in [0.15, 0.2) is 0 Å². The molecule has 1 N–H and O–H groups in total. The number of carbonyl (C=O) groups excluding carboxylic acids is 1. The Bertz CT molecular complexity index is 796. The van der Waals surface area contributed by atoms with Gasteiger partial charge in [-0.25, -0.2) is 4.39 Å². The Labute approximate surface area is 141 Å². The molecule has 0 saturated carbocycles. The fraction of sp³-hybridized carbons (Fsp3) is 0.250. The van der Waals surface area contributed by atoms with Crippen LogP contribution in [0.5, 0.6) is 5.75 Å². The van der Waals surface area contributed by atoms with Crippen LogP contribution in [-0.4, -0.2) is 19.1 Å². The van der Waals surface area contributed by atoms with Crippen molar-refractivity contribution in [1.29, 1.82) is 0 Å². The van der Waals surface area contributed by atoms with E-state index in [1.807, 2.05) is 44.2 Å². The Balaban J connectivity index is 1.70. The molecule has 1 aliphatic heterocycles. The number of benzene rings is 2. The molecule has 2 aromatic rings. The molecular formula is C20H20FNO2. The summed E-state index contributed by atoms with van der Waals surface area (Å²) >= 11 is 0. The van der Waals surface area contributed by atoms with Crippen LogP contribution >= 0.6 is 0 Å². The highest BCUT2D eigenvalue weighted by atomic mass is 19.1. The molecule has 0 aromatic heterocycles. The molecule has 0 spiro atoms. The predicted molar refractivity (Wildman–Crippen MR) is 92.3 cm³/mol. The second kappa shape index (κ2) is 6.48. The van der Waals surface area contributed by atoms with Crippen LogP contribution < -0.4 is 10.1 Å². The molecule has 4 heteroatoms. The van der Waals surface area contributed by atoms with Crippen molar-refractivity contribution in [2.24, 2.45) is 0 Å². The first-order valence-corrected chi connectivity index (χ1v) is 7.93. The standard InChI is InChI=1S/C20H20FNO2/c1-20(2,16-8-4-5-9-17(16)21)13-22-19(23)15-11-14-7-3-6-10-18(14)24-12-15/h3-11H,12-13H2,1-2H3,(H,22,23). The second-order valence-electron chi connectivity index (χ2n) is 6.54. The lowest BCUT2D eigenvalue weighted by atomic mass is 9.84. The number of para-hydroxylation sites is 1. The van der Waals surface area contributed by atoms with E-state index in [1.54, 1.807) is 18.2 Å². The Hall–Kier alpha value is -2.62. The molecule has 124 valence electrons. The summed E-state index contributed by atoms with van der Waals surface area (Å²) in [5.41, 5.74) is 1.54. The number of rotatable bonds is 4. The van der Waals surface area contributed by atoms with Crippen molar-refractivity contribution in [1.82, 2.24) is 5.32 Å². The van der Waals surface area contributed by atoms with E-state index < -0.39 is 5.41 Å². The van der Waals surface area contributed by atoms with Crippen LogP contribution in [0.4, 0.5) is 4.39 Å². The van der Waals surface area contributed by atoms with Gasteiger partial charge in [-0.05, 0) is 23.8 Å². The average molecular weight is 325 g/mol. The summed E-state index contributed by atoms with van der Waals surface area (Å²) in [6.07, 6.45) is 1.84. The molecule has 0 fully saturated rings. The Kier molecular flexibility index (Phi) is 4.38.